The first-order chi connectivity index (χ1) is 20.2. The topological polar surface area (TPSA) is 132 Å². The Morgan fingerprint density at radius 2 is 1.98 bits per heavy atom. The lowest BCUT2D eigenvalue weighted by atomic mass is 9.66. The van der Waals surface area contributed by atoms with E-state index in [1.54, 1.807) is 25.1 Å². The van der Waals surface area contributed by atoms with Gasteiger partial charge in [-0.2, -0.15) is 0 Å². The number of benzene rings is 1. The van der Waals surface area contributed by atoms with Crippen LogP contribution in [-0.4, -0.2) is 82.2 Å². The lowest BCUT2D eigenvalue weighted by Gasteiger charge is -2.51. The van der Waals surface area contributed by atoms with E-state index in [9.17, 15) is 19.5 Å². The maximum atomic E-state index is 14.3. The second-order valence-corrected chi connectivity index (χ2v) is 12.7. The van der Waals surface area contributed by atoms with E-state index in [1.165, 1.54) is 22.9 Å². The van der Waals surface area contributed by atoms with Gasteiger partial charge in [-0.05, 0) is 51.2 Å². The molecule has 3 amide bonds. The highest BCUT2D eigenvalue weighted by atomic mass is 32.2. The average molecular weight is 598 g/mol. The number of carboxylic acids is 1. The average Bonchev–Trinajstić information content (AvgIpc) is 3.62. The van der Waals surface area contributed by atoms with E-state index in [-0.39, 0.29) is 31.4 Å². The summed E-state index contributed by atoms with van der Waals surface area (Å²) in [5.74, 6) is -0.823. The molecule has 12 heteroatoms. The van der Waals surface area contributed by atoms with Gasteiger partial charge in [0, 0.05) is 24.8 Å². The Balaban J connectivity index is 1.37. The molecule has 42 heavy (non-hydrogen) atoms. The van der Waals surface area contributed by atoms with E-state index in [4.69, 9.17) is 18.6 Å². The van der Waals surface area contributed by atoms with Crippen LogP contribution in [-0.2, 0) is 19.1 Å². The third-order valence-corrected chi connectivity index (χ3v) is 10.4. The summed E-state index contributed by atoms with van der Waals surface area (Å²) in [6, 6.07) is 6.65. The van der Waals surface area contributed by atoms with Crippen LogP contribution >= 0.6 is 11.8 Å². The molecule has 3 atom stereocenters. The number of fused-ring (bicyclic) bond motifs is 1. The van der Waals surface area contributed by atoms with Gasteiger partial charge in [-0.25, -0.2) is 9.78 Å². The first-order valence-corrected chi connectivity index (χ1v) is 15.1. The van der Waals surface area contributed by atoms with Crippen LogP contribution in [0.25, 0.3) is 4.91 Å². The normalized spacial score (nSPS) is 29.0. The molecule has 6 rings (SSSR count). The Bertz CT molecular complexity index is 1380. The molecule has 11 nitrogen and oxygen atoms in total. The number of hydrogen-bond acceptors (Lipinski definition) is 9. The van der Waals surface area contributed by atoms with Crippen LogP contribution in [0.3, 0.4) is 0 Å². The highest BCUT2D eigenvalue weighted by Crippen LogP contribution is 2.53. The lowest BCUT2D eigenvalue weighted by molar-refractivity contribution is -0.161. The van der Waals surface area contributed by atoms with E-state index >= 15 is 0 Å². The second-order valence-electron chi connectivity index (χ2n) is 11.6. The lowest BCUT2D eigenvalue weighted by Crippen LogP contribution is -2.66. The molecule has 1 aromatic heterocycles. The number of carbonyl (C=O) groups excluding carboxylic acids is 2. The molecule has 224 valence electrons. The van der Waals surface area contributed by atoms with Crippen molar-refractivity contribution >= 4 is 34.6 Å². The molecule has 4 heterocycles. The predicted octanol–water partition coefficient (Wildman–Crippen LogP) is 4.56. The Kier molecular flexibility index (Phi) is 7.79. The minimum absolute atomic E-state index is 0.0658. The van der Waals surface area contributed by atoms with Crippen molar-refractivity contribution in [2.24, 2.45) is 11.3 Å². The van der Waals surface area contributed by atoms with Crippen molar-refractivity contribution in [3.05, 3.63) is 53.8 Å². The van der Waals surface area contributed by atoms with Crippen LogP contribution in [0.4, 0.5) is 4.79 Å². The fourth-order valence-electron chi connectivity index (χ4n) is 6.46. The zero-order chi connectivity index (χ0) is 29.6. The third-order valence-electron chi connectivity index (χ3n) is 8.86. The smallest absolute Gasteiger partial charge is 0.328 e. The van der Waals surface area contributed by atoms with Crippen molar-refractivity contribution in [1.82, 2.24) is 14.8 Å². The van der Waals surface area contributed by atoms with Crippen molar-refractivity contribution in [2.45, 2.75) is 63.2 Å². The van der Waals surface area contributed by atoms with Gasteiger partial charge in [-0.1, -0.05) is 30.0 Å². The molecule has 3 aliphatic heterocycles. The molecule has 4 aliphatic rings. The molecule has 3 fully saturated rings. The maximum Gasteiger partial charge on any atom is 0.328 e. The van der Waals surface area contributed by atoms with Crippen molar-refractivity contribution in [1.29, 1.82) is 0 Å². The fraction of sp³-hybridized carbons (Fsp3) is 0.533. The first-order valence-electron chi connectivity index (χ1n) is 14.2. The van der Waals surface area contributed by atoms with Gasteiger partial charge in [0.15, 0.2) is 0 Å². The van der Waals surface area contributed by atoms with Crippen molar-refractivity contribution in [3.8, 4) is 5.75 Å². The van der Waals surface area contributed by atoms with E-state index in [0.717, 1.165) is 28.9 Å². The molecule has 0 radical (unpaired) electrons. The third kappa shape index (κ3) is 4.99. The number of aliphatic carboxylic acids is 1. The zero-order valence-corrected chi connectivity index (χ0v) is 24.7. The van der Waals surface area contributed by atoms with Crippen molar-refractivity contribution in [3.63, 3.8) is 0 Å². The standard InChI is InChI=1S/C30H35N3O8S/c1-17-23-26(34)33(18-14-30(2,15-18)28(35)36)29(37)32(27(23)42-24(17)25-31-10-13-40-25)16-22(41-19-8-11-39-12-9-19)20-6-4-5-7-21(20)38-3/h4-7,10,13,18-19,22-23,27H,8-9,11-12,14-16H2,1-3H3,(H,35,36)/t18?,22-,23?,27?,30?/m0/s1. The summed E-state index contributed by atoms with van der Waals surface area (Å²) < 4.78 is 23.5. The number of aromatic nitrogens is 1. The van der Waals surface area contributed by atoms with Gasteiger partial charge < -0.3 is 28.6 Å². The first kappa shape index (κ1) is 28.8. The van der Waals surface area contributed by atoms with Crippen LogP contribution in [0.5, 0.6) is 5.75 Å². The van der Waals surface area contributed by atoms with Crippen LogP contribution in [0.2, 0.25) is 0 Å². The number of oxazole rings is 1. The largest absolute Gasteiger partial charge is 0.496 e. The van der Waals surface area contributed by atoms with E-state index in [2.05, 4.69) is 4.98 Å². The van der Waals surface area contributed by atoms with Gasteiger partial charge >= 0.3 is 12.0 Å². The Morgan fingerprint density at radius 3 is 2.64 bits per heavy atom. The molecule has 1 N–H and O–H groups in total. The number of imide groups is 1. The van der Waals surface area contributed by atoms with Gasteiger partial charge in [0.2, 0.25) is 11.8 Å². The minimum atomic E-state index is -0.975. The zero-order valence-electron chi connectivity index (χ0n) is 23.9. The predicted molar refractivity (Wildman–Crippen MR) is 152 cm³/mol. The summed E-state index contributed by atoms with van der Waals surface area (Å²) in [6.07, 6.45) is 4.31. The number of methoxy groups -OCH3 is 1. The molecule has 1 aliphatic carbocycles. The molecule has 0 bridgehead atoms. The number of nitrogens with zero attached hydrogens (tertiary/aromatic N) is 3. The second kappa shape index (κ2) is 11.4. The van der Waals surface area contributed by atoms with E-state index < -0.39 is 40.9 Å². The summed E-state index contributed by atoms with van der Waals surface area (Å²) in [4.78, 5) is 48.3. The number of para-hydroxylation sites is 1. The Hall–Kier alpha value is -3.35. The monoisotopic (exact) mass is 597 g/mol. The van der Waals surface area contributed by atoms with Crippen LogP contribution in [0, 0.1) is 11.3 Å². The SMILES string of the molecule is COc1ccccc1[C@H](CN1C(=O)N(C2CC(C)(C(=O)O)C2)C(=O)C2C(C)=C(c3ncco3)SC21)OC1CCOCC1. The highest BCUT2D eigenvalue weighted by Gasteiger charge is 2.58. The maximum absolute atomic E-state index is 14.3. The molecular formula is C30H35N3O8S. The molecular weight excluding hydrogens is 562 g/mol. The van der Waals surface area contributed by atoms with Gasteiger partial charge in [0.25, 0.3) is 0 Å². The van der Waals surface area contributed by atoms with Crippen molar-refractivity contribution in [2.75, 3.05) is 26.9 Å². The summed E-state index contributed by atoms with van der Waals surface area (Å²) >= 11 is 1.39. The number of urea groups is 1. The number of ether oxygens (including phenoxy) is 3. The van der Waals surface area contributed by atoms with Gasteiger partial charge in [0.1, 0.15) is 18.1 Å². The van der Waals surface area contributed by atoms with Crippen LogP contribution in [0.1, 0.15) is 57.1 Å². The summed E-state index contributed by atoms with van der Waals surface area (Å²) in [7, 11) is 1.60. The molecule has 1 aromatic carbocycles. The summed E-state index contributed by atoms with van der Waals surface area (Å²) in [6.45, 7) is 4.90. The van der Waals surface area contributed by atoms with E-state index in [0.29, 0.717) is 24.9 Å². The summed E-state index contributed by atoms with van der Waals surface area (Å²) in [5, 5.41) is 9.17. The number of hydrogen-bond donors (Lipinski definition) is 1. The van der Waals surface area contributed by atoms with Gasteiger partial charge in [-0.3, -0.25) is 14.5 Å². The molecule has 2 aromatic rings. The Labute approximate surface area is 248 Å². The number of thioether (sulfide) groups is 1. The van der Waals surface area contributed by atoms with E-state index in [1.807, 2.05) is 31.2 Å². The fourth-order valence-corrected chi connectivity index (χ4v) is 7.98. The number of carbonyl (C=O) groups is 3. The van der Waals surface area contributed by atoms with Gasteiger partial charge in [0.05, 0.1) is 47.6 Å². The van der Waals surface area contributed by atoms with Crippen LogP contribution < -0.4 is 4.74 Å². The van der Waals surface area contributed by atoms with Gasteiger partial charge in [-0.15, -0.1) is 0 Å². The Morgan fingerprint density at radius 1 is 1.24 bits per heavy atom. The number of rotatable bonds is 9. The quantitative estimate of drug-likeness (QED) is 0.439. The number of carboxylic acid groups (broad SMARTS) is 1. The number of amides is 3. The highest BCUT2D eigenvalue weighted by molar-refractivity contribution is 8.09. The molecule has 0 spiro atoms. The van der Waals surface area contributed by atoms with Crippen LogP contribution in [0.15, 0.2) is 46.7 Å². The van der Waals surface area contributed by atoms with Crippen molar-refractivity contribution < 1.29 is 38.1 Å². The molecule has 1 saturated carbocycles. The molecule has 2 saturated heterocycles. The summed E-state index contributed by atoms with van der Waals surface area (Å²) in [5.41, 5.74) is 0.610. The minimum Gasteiger partial charge on any atom is -0.496 e. The molecule has 2 unspecified atom stereocenters.